The molecule has 0 aliphatic carbocycles. The molecule has 0 aliphatic rings. The van der Waals surface area contributed by atoms with Crippen molar-refractivity contribution in [2.75, 3.05) is 5.32 Å². The number of halogens is 1. The van der Waals surface area contributed by atoms with Gasteiger partial charge < -0.3 is 5.32 Å². The van der Waals surface area contributed by atoms with Crippen molar-refractivity contribution in [2.24, 2.45) is 0 Å². The van der Waals surface area contributed by atoms with E-state index in [4.69, 9.17) is 11.6 Å². The molecule has 1 aromatic carbocycles. The summed E-state index contributed by atoms with van der Waals surface area (Å²) in [6.45, 7) is 2.04. The zero-order chi connectivity index (χ0) is 13.7. The molecule has 98 valence electrons. The summed E-state index contributed by atoms with van der Waals surface area (Å²) < 4.78 is 0. The largest absolute Gasteiger partial charge is 0.309 e. The van der Waals surface area contributed by atoms with Crippen molar-refractivity contribution in [1.82, 2.24) is 9.97 Å². The second-order valence-corrected chi connectivity index (χ2v) is 4.65. The van der Waals surface area contributed by atoms with Crippen LogP contribution in [0.4, 0.5) is 5.82 Å². The summed E-state index contributed by atoms with van der Waals surface area (Å²) in [6, 6.07) is 8.14. The second kappa shape index (κ2) is 6.29. The van der Waals surface area contributed by atoms with Crippen molar-refractivity contribution in [3.05, 3.63) is 52.9 Å². The third-order valence-electron chi connectivity index (χ3n) is 2.65. The van der Waals surface area contributed by atoms with Gasteiger partial charge in [0.2, 0.25) is 5.91 Å². The quantitative estimate of drug-likeness (QED) is 0.933. The van der Waals surface area contributed by atoms with Gasteiger partial charge in [-0.2, -0.15) is 0 Å². The molecule has 19 heavy (non-hydrogen) atoms. The highest BCUT2D eigenvalue weighted by atomic mass is 35.5. The van der Waals surface area contributed by atoms with Crippen molar-refractivity contribution in [1.29, 1.82) is 0 Å². The van der Waals surface area contributed by atoms with Gasteiger partial charge in [-0.15, -0.1) is 0 Å². The van der Waals surface area contributed by atoms with Crippen LogP contribution in [-0.4, -0.2) is 15.9 Å². The monoisotopic (exact) mass is 275 g/mol. The maximum Gasteiger partial charge on any atom is 0.225 e. The Morgan fingerprint density at radius 2 is 1.95 bits per heavy atom. The van der Waals surface area contributed by atoms with Gasteiger partial charge in [-0.25, -0.2) is 9.97 Å². The van der Waals surface area contributed by atoms with E-state index < -0.39 is 0 Å². The summed E-state index contributed by atoms with van der Waals surface area (Å²) in [5.41, 5.74) is 2.35. The highest BCUT2D eigenvalue weighted by Gasteiger charge is 2.04. The first-order valence-electron chi connectivity index (χ1n) is 5.96. The lowest BCUT2D eigenvalue weighted by molar-refractivity contribution is -0.116. The van der Waals surface area contributed by atoms with Crippen LogP contribution in [-0.2, 0) is 11.2 Å². The van der Waals surface area contributed by atoms with E-state index in [0.717, 1.165) is 5.56 Å². The minimum absolute atomic E-state index is 0.0859. The number of nitrogens with one attached hydrogen (secondary N) is 1. The predicted octanol–water partition coefficient (Wildman–Crippen LogP) is 3.01. The fourth-order valence-electron chi connectivity index (χ4n) is 1.59. The smallest absolute Gasteiger partial charge is 0.225 e. The number of rotatable bonds is 4. The average molecular weight is 276 g/mol. The molecule has 0 aliphatic heterocycles. The third kappa shape index (κ3) is 4.34. The molecule has 0 saturated heterocycles. The van der Waals surface area contributed by atoms with Crippen LogP contribution < -0.4 is 5.32 Å². The fourth-order valence-corrected chi connectivity index (χ4v) is 1.69. The Morgan fingerprint density at radius 1 is 1.21 bits per heavy atom. The molecule has 5 heteroatoms. The summed E-state index contributed by atoms with van der Waals surface area (Å²) in [6.07, 6.45) is 3.95. The molecule has 1 aromatic heterocycles. The van der Waals surface area contributed by atoms with Crippen LogP contribution >= 0.6 is 11.6 Å². The molecule has 1 amide bonds. The van der Waals surface area contributed by atoms with Crippen LogP contribution in [0.25, 0.3) is 0 Å². The van der Waals surface area contributed by atoms with E-state index >= 15 is 0 Å². The van der Waals surface area contributed by atoms with E-state index in [1.807, 2.05) is 31.2 Å². The molecule has 1 N–H and O–H groups in total. The van der Waals surface area contributed by atoms with Gasteiger partial charge in [-0.1, -0.05) is 41.4 Å². The molecule has 0 radical (unpaired) electrons. The Labute approximate surface area is 116 Å². The van der Waals surface area contributed by atoms with Crippen LogP contribution in [0.2, 0.25) is 5.15 Å². The molecule has 0 saturated carbocycles. The molecule has 0 fully saturated rings. The SMILES string of the molecule is Cc1ccc(CCC(=O)Nc2cnc(Cl)cn2)cc1. The van der Waals surface area contributed by atoms with Gasteiger partial charge >= 0.3 is 0 Å². The van der Waals surface area contributed by atoms with E-state index in [0.29, 0.717) is 23.8 Å². The third-order valence-corrected chi connectivity index (χ3v) is 2.84. The highest BCUT2D eigenvalue weighted by Crippen LogP contribution is 2.08. The minimum Gasteiger partial charge on any atom is -0.309 e. The zero-order valence-corrected chi connectivity index (χ0v) is 11.3. The van der Waals surface area contributed by atoms with E-state index in [-0.39, 0.29) is 5.91 Å². The van der Waals surface area contributed by atoms with Crippen molar-refractivity contribution < 1.29 is 4.79 Å². The van der Waals surface area contributed by atoms with Gasteiger partial charge in [-0.05, 0) is 18.9 Å². The number of amides is 1. The summed E-state index contributed by atoms with van der Waals surface area (Å²) in [5, 5.41) is 2.98. The Balaban J connectivity index is 1.84. The molecule has 0 unspecified atom stereocenters. The fraction of sp³-hybridized carbons (Fsp3) is 0.214. The molecule has 1 heterocycles. The maximum absolute atomic E-state index is 11.7. The first-order chi connectivity index (χ1) is 9.13. The number of hydrogen-bond donors (Lipinski definition) is 1. The highest BCUT2D eigenvalue weighted by molar-refractivity contribution is 6.29. The number of carbonyl (C=O) groups excluding carboxylic acids is 1. The van der Waals surface area contributed by atoms with Crippen molar-refractivity contribution in [2.45, 2.75) is 19.8 Å². The lowest BCUT2D eigenvalue weighted by Crippen LogP contribution is -2.13. The number of carbonyl (C=O) groups is 1. The van der Waals surface area contributed by atoms with Crippen LogP contribution in [0.15, 0.2) is 36.7 Å². The van der Waals surface area contributed by atoms with Gasteiger partial charge in [0.25, 0.3) is 0 Å². The Morgan fingerprint density at radius 3 is 2.58 bits per heavy atom. The van der Waals surface area contributed by atoms with Gasteiger partial charge in [0.15, 0.2) is 5.82 Å². The summed E-state index contributed by atoms with van der Waals surface area (Å²) >= 11 is 5.62. The number of aromatic nitrogens is 2. The number of benzene rings is 1. The molecule has 2 aromatic rings. The lowest BCUT2D eigenvalue weighted by atomic mass is 10.1. The molecule has 0 spiro atoms. The summed E-state index contributed by atoms with van der Waals surface area (Å²) in [5.74, 6) is 0.329. The Bertz CT molecular complexity index is 552. The average Bonchev–Trinajstić information content (AvgIpc) is 2.41. The van der Waals surface area contributed by atoms with Crippen molar-refractivity contribution in [3.8, 4) is 0 Å². The predicted molar refractivity (Wildman–Crippen MR) is 75.2 cm³/mol. The topological polar surface area (TPSA) is 54.9 Å². The first-order valence-corrected chi connectivity index (χ1v) is 6.34. The van der Waals surface area contributed by atoms with Gasteiger partial charge in [-0.3, -0.25) is 4.79 Å². The van der Waals surface area contributed by atoms with Crippen LogP contribution in [0, 0.1) is 6.92 Å². The number of aryl methyl sites for hydroxylation is 2. The molecule has 2 rings (SSSR count). The zero-order valence-electron chi connectivity index (χ0n) is 10.6. The number of hydrogen-bond acceptors (Lipinski definition) is 3. The Hall–Kier alpha value is -1.94. The van der Waals surface area contributed by atoms with Crippen LogP contribution in [0.1, 0.15) is 17.5 Å². The van der Waals surface area contributed by atoms with Crippen molar-refractivity contribution in [3.63, 3.8) is 0 Å². The molecular weight excluding hydrogens is 262 g/mol. The first kappa shape index (κ1) is 13.5. The lowest BCUT2D eigenvalue weighted by Gasteiger charge is -2.04. The van der Waals surface area contributed by atoms with E-state index in [2.05, 4.69) is 15.3 Å². The van der Waals surface area contributed by atoms with Gasteiger partial charge in [0.1, 0.15) is 5.15 Å². The molecular formula is C14H14ClN3O. The minimum atomic E-state index is -0.0859. The normalized spacial score (nSPS) is 10.2. The van der Waals surface area contributed by atoms with E-state index in [9.17, 15) is 4.79 Å². The number of nitrogens with zero attached hydrogens (tertiary/aromatic N) is 2. The summed E-state index contributed by atoms with van der Waals surface area (Å²) in [7, 11) is 0. The van der Waals surface area contributed by atoms with Crippen LogP contribution in [0.3, 0.4) is 0 Å². The van der Waals surface area contributed by atoms with Crippen molar-refractivity contribution >= 4 is 23.3 Å². The van der Waals surface area contributed by atoms with Gasteiger partial charge in [0.05, 0.1) is 12.4 Å². The van der Waals surface area contributed by atoms with E-state index in [1.54, 1.807) is 0 Å². The van der Waals surface area contributed by atoms with Crippen LogP contribution in [0.5, 0.6) is 0 Å². The summed E-state index contributed by atoms with van der Waals surface area (Å²) in [4.78, 5) is 19.5. The molecule has 4 nitrogen and oxygen atoms in total. The standard InChI is InChI=1S/C14H14ClN3O/c1-10-2-4-11(5-3-10)6-7-14(19)18-13-9-16-12(15)8-17-13/h2-5,8-9H,6-7H2,1H3,(H,17,18,19). The number of anilines is 1. The molecule has 0 bridgehead atoms. The maximum atomic E-state index is 11.7. The second-order valence-electron chi connectivity index (χ2n) is 4.26. The molecule has 0 atom stereocenters. The Kier molecular flexibility index (Phi) is 4.47. The van der Waals surface area contributed by atoms with Gasteiger partial charge in [0, 0.05) is 6.42 Å². The van der Waals surface area contributed by atoms with E-state index in [1.165, 1.54) is 18.0 Å².